The standard InChI is InChI=1S/C41H44BClN2O14/c1-21-16-17-41(53)35(57-36(51)25-14-10-7-11-15-25)33-38(4,26(48)18-27-40(33,20-54-27)58-23(3)47)34(50)31(55-22(2)46)29(21)39(41,5)59-37(52)32(56-28(49)19-43)30(44-45-42)24-12-8-6-9-13-24/h6-15,26-27,30-33,35,48,53H,16-20H2,1-5H3/t26-,27+,30-,31+,32+,33-,35-,38+,39?,40-,41+/m0/s1. The second-order valence-electron chi connectivity index (χ2n) is 15.6. The third kappa shape index (κ3) is 7.36. The number of Topliss-reactive ketones (excluding diaryl/α,β-unsaturated/α-hetero) is 1. The first-order valence-corrected chi connectivity index (χ1v) is 19.5. The normalized spacial score (nSPS) is 33.4. The molecule has 4 aliphatic rings. The summed E-state index contributed by atoms with van der Waals surface area (Å²) >= 11 is 5.82. The molecule has 1 heterocycles. The molecule has 2 N–H and O–H groups in total. The molecule has 2 radical (unpaired) electrons. The van der Waals surface area contributed by atoms with Crippen LogP contribution in [0.3, 0.4) is 0 Å². The Morgan fingerprint density at radius 1 is 0.983 bits per heavy atom. The Labute approximate surface area is 346 Å². The Morgan fingerprint density at radius 2 is 1.63 bits per heavy atom. The molecule has 312 valence electrons. The van der Waals surface area contributed by atoms with E-state index in [0.29, 0.717) is 5.57 Å². The quantitative estimate of drug-likeness (QED) is 0.0828. The first kappa shape index (κ1) is 43.6. The van der Waals surface area contributed by atoms with Gasteiger partial charge in [-0.15, -0.1) is 11.6 Å². The van der Waals surface area contributed by atoms with Gasteiger partial charge in [-0.3, -0.25) is 24.2 Å². The van der Waals surface area contributed by atoms with Crippen LogP contribution in [0.15, 0.2) is 81.9 Å². The Hall–Kier alpha value is -4.97. The number of rotatable bonds is 11. The first-order valence-electron chi connectivity index (χ1n) is 18.9. The average molecular weight is 835 g/mol. The van der Waals surface area contributed by atoms with E-state index >= 15 is 4.79 Å². The van der Waals surface area contributed by atoms with Crippen molar-refractivity contribution < 1.29 is 67.4 Å². The van der Waals surface area contributed by atoms with Gasteiger partial charge in [-0.05, 0) is 51.3 Å². The van der Waals surface area contributed by atoms with Crippen molar-refractivity contribution in [2.24, 2.45) is 21.5 Å². The van der Waals surface area contributed by atoms with Crippen molar-refractivity contribution in [2.45, 2.75) is 107 Å². The number of hydrogen-bond donors (Lipinski definition) is 2. The number of ether oxygens (including phenoxy) is 6. The SMILES string of the molecule is [B]N=N[C@@H](c1ccccc1)[C@@H](OC(=O)CCl)C(=O)OC1(C)C2=C(C)CC[C@@]1(O)[C@@H](OC(=O)c1ccccc1)[C@@H]1[C@]3(OC(C)=O)CO[C@@H]3C[C@H](O)[C@@]1(C)C(=O)[C@@H]2OC(C)=O. The summed E-state index contributed by atoms with van der Waals surface area (Å²) in [4.78, 5) is 83.4. The lowest BCUT2D eigenvalue weighted by atomic mass is 9.46. The maximum Gasteiger partial charge on any atom is 0.351 e. The van der Waals surface area contributed by atoms with E-state index in [1.54, 1.807) is 55.5 Å². The van der Waals surface area contributed by atoms with E-state index in [1.807, 2.05) is 0 Å². The number of carbonyl (C=O) groups excluding carboxylic acids is 6. The largest absolute Gasteiger partial charge is 0.455 e. The maximum absolute atomic E-state index is 15.5. The molecule has 3 fully saturated rings. The van der Waals surface area contributed by atoms with Gasteiger partial charge in [0.2, 0.25) is 6.10 Å². The number of benzene rings is 2. The molecule has 1 aliphatic heterocycles. The van der Waals surface area contributed by atoms with Crippen molar-refractivity contribution in [3.63, 3.8) is 0 Å². The van der Waals surface area contributed by atoms with Gasteiger partial charge in [0.25, 0.3) is 7.98 Å². The monoisotopic (exact) mass is 834 g/mol. The van der Waals surface area contributed by atoms with E-state index < -0.39 is 106 Å². The Morgan fingerprint density at radius 3 is 2.19 bits per heavy atom. The van der Waals surface area contributed by atoms with Crippen LogP contribution >= 0.6 is 11.6 Å². The third-order valence-corrected chi connectivity index (χ3v) is 12.4. The molecule has 0 aromatic heterocycles. The maximum atomic E-state index is 15.5. The number of allylic oxidation sites excluding steroid dienone is 1. The van der Waals surface area contributed by atoms with Crippen molar-refractivity contribution in [1.82, 2.24) is 0 Å². The summed E-state index contributed by atoms with van der Waals surface area (Å²) in [6.07, 6.45) is -9.20. The molecule has 59 heavy (non-hydrogen) atoms. The van der Waals surface area contributed by atoms with Crippen LogP contribution in [0.5, 0.6) is 0 Å². The number of carbonyl (C=O) groups is 6. The average Bonchev–Trinajstić information content (AvgIpc) is 3.20. The molecule has 2 aromatic carbocycles. The van der Waals surface area contributed by atoms with Gasteiger partial charge in [0.05, 0.1) is 29.6 Å². The molecular formula is C41H44BClN2O14. The first-order chi connectivity index (χ1) is 27.9. The Bertz CT molecular complexity index is 2070. The van der Waals surface area contributed by atoms with Gasteiger partial charge in [-0.2, -0.15) is 5.11 Å². The van der Waals surface area contributed by atoms with Crippen molar-refractivity contribution in [2.75, 3.05) is 12.5 Å². The van der Waals surface area contributed by atoms with Crippen molar-refractivity contribution in [1.29, 1.82) is 0 Å². The van der Waals surface area contributed by atoms with Crippen LogP contribution in [0.25, 0.3) is 0 Å². The summed E-state index contributed by atoms with van der Waals surface area (Å²) in [6, 6.07) is 14.3. The number of ketones is 1. The summed E-state index contributed by atoms with van der Waals surface area (Å²) in [5.74, 6) is -8.48. The van der Waals surface area contributed by atoms with E-state index in [2.05, 4.69) is 10.1 Å². The minimum Gasteiger partial charge on any atom is -0.455 e. The van der Waals surface area contributed by atoms with Gasteiger partial charge in [-0.1, -0.05) is 54.1 Å². The molecule has 6 rings (SSSR count). The van der Waals surface area contributed by atoms with Crippen LogP contribution in [0.4, 0.5) is 0 Å². The second-order valence-corrected chi connectivity index (χ2v) is 15.9. The number of nitrogens with zero attached hydrogens (tertiary/aromatic N) is 2. The molecule has 11 atom stereocenters. The fourth-order valence-corrected chi connectivity index (χ4v) is 9.47. The zero-order chi connectivity index (χ0) is 43.1. The van der Waals surface area contributed by atoms with Crippen molar-refractivity contribution >= 4 is 55.2 Å². The van der Waals surface area contributed by atoms with E-state index in [4.69, 9.17) is 48.0 Å². The summed E-state index contributed by atoms with van der Waals surface area (Å²) in [7, 11) is 5.48. The fourth-order valence-electron chi connectivity index (χ4n) is 9.41. The van der Waals surface area contributed by atoms with Crippen molar-refractivity contribution in [3.05, 3.63) is 82.9 Å². The third-order valence-electron chi connectivity index (χ3n) is 12.2. The molecular weight excluding hydrogens is 791 g/mol. The molecule has 1 saturated heterocycles. The molecule has 2 aromatic rings. The Balaban J connectivity index is 1.64. The number of halogens is 1. The van der Waals surface area contributed by atoms with Gasteiger partial charge >= 0.3 is 29.8 Å². The predicted octanol–water partition coefficient (Wildman–Crippen LogP) is 3.39. The highest BCUT2D eigenvalue weighted by Gasteiger charge is 2.79. The Kier molecular flexibility index (Phi) is 12.3. The van der Waals surface area contributed by atoms with Crippen molar-refractivity contribution in [3.8, 4) is 0 Å². The summed E-state index contributed by atoms with van der Waals surface area (Å²) in [5, 5.41) is 33.0. The number of alkyl halides is 1. The molecule has 18 heteroatoms. The zero-order valence-corrected chi connectivity index (χ0v) is 33.7. The lowest BCUT2D eigenvalue weighted by molar-refractivity contribution is -0.348. The number of aliphatic hydroxyl groups is 2. The van der Waals surface area contributed by atoms with Crippen LogP contribution in [-0.2, 0) is 52.4 Å². The topological polar surface area (TPSA) is 223 Å². The molecule has 2 saturated carbocycles. The molecule has 2 bridgehead atoms. The lowest BCUT2D eigenvalue weighted by Gasteiger charge is -2.67. The van der Waals surface area contributed by atoms with Crippen LogP contribution < -0.4 is 0 Å². The van der Waals surface area contributed by atoms with Gasteiger partial charge in [0.15, 0.2) is 23.1 Å². The van der Waals surface area contributed by atoms with Crippen LogP contribution in [0.1, 0.15) is 75.8 Å². The second kappa shape index (κ2) is 16.6. The number of esters is 5. The molecule has 3 aliphatic carbocycles. The molecule has 16 nitrogen and oxygen atoms in total. The fraction of sp³-hybridized carbons (Fsp3) is 0.512. The minimum absolute atomic E-state index is 0.0237. The minimum atomic E-state index is -2.62. The number of fused-ring (bicyclic) bond motifs is 5. The highest BCUT2D eigenvalue weighted by atomic mass is 35.5. The molecule has 0 spiro atoms. The summed E-state index contributed by atoms with van der Waals surface area (Å²) in [6.45, 7) is 5.99. The van der Waals surface area contributed by atoms with Gasteiger partial charge in [-0.25, -0.2) is 9.59 Å². The van der Waals surface area contributed by atoms with Crippen LogP contribution in [-0.4, -0.2) is 114 Å². The molecule has 1 unspecified atom stereocenters. The van der Waals surface area contributed by atoms with Gasteiger partial charge in [0, 0.05) is 25.8 Å². The highest BCUT2D eigenvalue weighted by molar-refractivity contribution is 6.26. The van der Waals surface area contributed by atoms with Crippen LogP contribution in [0.2, 0.25) is 0 Å². The van der Waals surface area contributed by atoms with Gasteiger partial charge in [0.1, 0.15) is 29.7 Å². The highest BCUT2D eigenvalue weighted by Crippen LogP contribution is 2.63. The van der Waals surface area contributed by atoms with E-state index in [1.165, 1.54) is 26.0 Å². The zero-order valence-electron chi connectivity index (χ0n) is 33.0. The number of hydrogen-bond acceptors (Lipinski definition) is 16. The van der Waals surface area contributed by atoms with E-state index in [9.17, 15) is 34.2 Å². The lowest BCUT2D eigenvalue weighted by Crippen LogP contribution is -2.83. The predicted molar refractivity (Wildman–Crippen MR) is 204 cm³/mol. The summed E-state index contributed by atoms with van der Waals surface area (Å²) in [5.41, 5.74) is -8.64. The van der Waals surface area contributed by atoms with Crippen LogP contribution in [0, 0.1) is 11.3 Å². The smallest absolute Gasteiger partial charge is 0.351 e. The van der Waals surface area contributed by atoms with E-state index in [0.717, 1.165) is 13.8 Å². The van der Waals surface area contributed by atoms with Gasteiger partial charge < -0.3 is 38.6 Å². The number of aliphatic hydroxyl groups excluding tert-OH is 1. The molecule has 0 amide bonds. The van der Waals surface area contributed by atoms with E-state index in [-0.39, 0.29) is 42.6 Å². The summed E-state index contributed by atoms with van der Waals surface area (Å²) < 4.78 is 35.9.